The van der Waals surface area contributed by atoms with Gasteiger partial charge in [-0.1, -0.05) is 6.07 Å². The molecule has 1 atom stereocenters. The molecule has 0 radical (unpaired) electrons. The highest BCUT2D eigenvalue weighted by molar-refractivity contribution is 5.75. The maximum absolute atomic E-state index is 11.2. The maximum atomic E-state index is 11.2. The van der Waals surface area contributed by atoms with Crippen LogP contribution in [0.15, 0.2) is 18.2 Å². The van der Waals surface area contributed by atoms with E-state index in [0.29, 0.717) is 17.9 Å². The summed E-state index contributed by atoms with van der Waals surface area (Å²) in [6, 6.07) is 5.24. The molecule has 110 valence electrons. The van der Waals surface area contributed by atoms with Crippen LogP contribution in [0.5, 0.6) is 0 Å². The number of nitrogens with one attached hydrogen (secondary N) is 2. The molecule has 2 N–H and O–H groups in total. The molecule has 6 heteroatoms. The topological polar surface area (TPSA) is 76.4 Å². The van der Waals surface area contributed by atoms with Gasteiger partial charge in [0.15, 0.2) is 0 Å². The second-order valence-corrected chi connectivity index (χ2v) is 4.91. The maximum Gasteiger partial charge on any atom is 0.315 e. The van der Waals surface area contributed by atoms with Crippen molar-refractivity contribution in [3.63, 3.8) is 0 Å². The van der Waals surface area contributed by atoms with Gasteiger partial charge in [-0.15, -0.1) is 0 Å². The van der Waals surface area contributed by atoms with E-state index in [-0.39, 0.29) is 16.7 Å². The largest absolute Gasteiger partial charge is 0.382 e. The van der Waals surface area contributed by atoms with Crippen LogP contribution in [0.1, 0.15) is 25.7 Å². The van der Waals surface area contributed by atoms with Crippen molar-refractivity contribution >= 4 is 17.1 Å². The van der Waals surface area contributed by atoms with Gasteiger partial charge in [-0.2, -0.15) is 0 Å². The second kappa shape index (κ2) is 7.09. The second-order valence-electron chi connectivity index (χ2n) is 4.91. The summed E-state index contributed by atoms with van der Waals surface area (Å²) in [6.07, 6.45) is 4.59. The number of benzene rings is 1. The number of nitro benzene ring substituents is 1. The van der Waals surface area contributed by atoms with Gasteiger partial charge in [-0.3, -0.25) is 10.1 Å². The van der Waals surface area contributed by atoms with Gasteiger partial charge in [0.05, 0.1) is 11.0 Å². The molecular weight excluding hydrogens is 258 g/mol. The molecule has 2 rings (SSSR count). The van der Waals surface area contributed by atoms with Crippen LogP contribution in [0.4, 0.5) is 17.1 Å². The van der Waals surface area contributed by atoms with Crippen LogP contribution in [0.2, 0.25) is 0 Å². The summed E-state index contributed by atoms with van der Waals surface area (Å²) in [5.41, 5.74) is 1.17. The summed E-state index contributed by atoms with van der Waals surface area (Å²) in [5, 5.41) is 17.2. The Morgan fingerprint density at radius 3 is 2.85 bits per heavy atom. The molecule has 0 spiro atoms. The first kappa shape index (κ1) is 14.6. The number of ether oxygens (including phenoxy) is 1. The molecule has 1 aliphatic rings. The van der Waals surface area contributed by atoms with E-state index >= 15 is 0 Å². The Balaban J connectivity index is 1.96. The molecule has 0 saturated carbocycles. The highest BCUT2D eigenvalue weighted by Gasteiger charge is 2.19. The molecule has 20 heavy (non-hydrogen) atoms. The zero-order valence-corrected chi connectivity index (χ0v) is 11.7. The fraction of sp³-hybridized carbons (Fsp3) is 0.571. The van der Waals surface area contributed by atoms with Crippen molar-refractivity contribution in [2.45, 2.75) is 31.8 Å². The first-order chi connectivity index (χ1) is 9.72. The Kier molecular flexibility index (Phi) is 5.17. The molecule has 1 unspecified atom stereocenters. The molecular formula is C14H21N3O3. The quantitative estimate of drug-likeness (QED) is 0.618. The lowest BCUT2D eigenvalue weighted by Gasteiger charge is -2.22. The SMILES string of the molecule is CNc1cccc(NCCC2CCCCO2)c1[N+](=O)[O-]. The molecule has 1 aromatic rings. The first-order valence-corrected chi connectivity index (χ1v) is 7.03. The van der Waals surface area contributed by atoms with Gasteiger partial charge in [-0.25, -0.2) is 0 Å². The van der Waals surface area contributed by atoms with Crippen LogP contribution in [-0.4, -0.2) is 31.2 Å². The van der Waals surface area contributed by atoms with E-state index in [9.17, 15) is 10.1 Å². The summed E-state index contributed by atoms with van der Waals surface area (Å²) in [5.74, 6) is 0. The Morgan fingerprint density at radius 2 is 2.20 bits per heavy atom. The van der Waals surface area contributed by atoms with Gasteiger partial charge in [-0.05, 0) is 37.8 Å². The molecule has 6 nitrogen and oxygen atoms in total. The van der Waals surface area contributed by atoms with E-state index < -0.39 is 0 Å². The lowest BCUT2D eigenvalue weighted by atomic mass is 10.1. The molecule has 1 saturated heterocycles. The Hall–Kier alpha value is -1.82. The van der Waals surface area contributed by atoms with Gasteiger partial charge in [0, 0.05) is 20.2 Å². The number of para-hydroxylation sites is 1. The Labute approximate surface area is 118 Å². The third-order valence-corrected chi connectivity index (χ3v) is 3.54. The van der Waals surface area contributed by atoms with Crippen LogP contribution in [-0.2, 0) is 4.74 Å². The lowest BCUT2D eigenvalue weighted by Crippen LogP contribution is -2.22. The fourth-order valence-electron chi connectivity index (χ4n) is 2.49. The molecule has 1 aliphatic heterocycles. The third-order valence-electron chi connectivity index (χ3n) is 3.54. The molecule has 1 fully saturated rings. The van der Waals surface area contributed by atoms with Crippen LogP contribution in [0.3, 0.4) is 0 Å². The lowest BCUT2D eigenvalue weighted by molar-refractivity contribution is -0.383. The number of anilines is 2. The minimum atomic E-state index is -0.356. The standard InChI is InChI=1S/C14H21N3O3/c1-15-12-6-4-7-13(14(12)17(18)19)16-9-8-11-5-2-3-10-20-11/h4,6-7,11,15-16H,2-3,5,8-10H2,1H3. The normalized spacial score (nSPS) is 18.6. The van der Waals surface area contributed by atoms with Crippen molar-refractivity contribution in [3.8, 4) is 0 Å². The fourth-order valence-corrected chi connectivity index (χ4v) is 2.49. The van der Waals surface area contributed by atoms with Crippen molar-refractivity contribution in [3.05, 3.63) is 28.3 Å². The van der Waals surface area contributed by atoms with Crippen molar-refractivity contribution in [1.82, 2.24) is 0 Å². The van der Waals surface area contributed by atoms with Gasteiger partial charge in [0.2, 0.25) is 0 Å². The smallest absolute Gasteiger partial charge is 0.315 e. The third kappa shape index (κ3) is 3.60. The van der Waals surface area contributed by atoms with Crippen LogP contribution < -0.4 is 10.6 Å². The van der Waals surface area contributed by atoms with E-state index in [1.807, 2.05) is 0 Å². The molecule has 1 heterocycles. The number of hydrogen-bond acceptors (Lipinski definition) is 5. The molecule has 0 bridgehead atoms. The average Bonchev–Trinajstić information content (AvgIpc) is 2.47. The van der Waals surface area contributed by atoms with E-state index in [1.165, 1.54) is 6.42 Å². The molecule has 0 aromatic heterocycles. The predicted octanol–water partition coefficient (Wildman–Crippen LogP) is 3.01. The summed E-state index contributed by atoms with van der Waals surface area (Å²) in [6.45, 7) is 1.51. The number of hydrogen-bond donors (Lipinski definition) is 2. The molecule has 1 aromatic carbocycles. The van der Waals surface area contributed by atoms with Crippen molar-refractivity contribution < 1.29 is 9.66 Å². The number of nitrogens with zero attached hydrogens (tertiary/aromatic N) is 1. The van der Waals surface area contributed by atoms with Crippen molar-refractivity contribution in [2.75, 3.05) is 30.8 Å². The monoisotopic (exact) mass is 279 g/mol. The zero-order chi connectivity index (χ0) is 14.4. The molecule has 0 amide bonds. The number of rotatable bonds is 6. The summed E-state index contributed by atoms with van der Waals surface area (Å²) < 4.78 is 5.65. The van der Waals surface area contributed by atoms with E-state index in [1.54, 1.807) is 25.2 Å². The zero-order valence-electron chi connectivity index (χ0n) is 11.7. The van der Waals surface area contributed by atoms with E-state index in [4.69, 9.17) is 4.74 Å². The number of nitro groups is 1. The van der Waals surface area contributed by atoms with Crippen LogP contribution in [0.25, 0.3) is 0 Å². The van der Waals surface area contributed by atoms with Gasteiger partial charge >= 0.3 is 5.69 Å². The van der Waals surface area contributed by atoms with E-state index in [0.717, 1.165) is 25.9 Å². The Morgan fingerprint density at radius 1 is 1.40 bits per heavy atom. The van der Waals surface area contributed by atoms with Crippen molar-refractivity contribution in [2.24, 2.45) is 0 Å². The highest BCUT2D eigenvalue weighted by atomic mass is 16.6. The van der Waals surface area contributed by atoms with Gasteiger partial charge in [0.25, 0.3) is 0 Å². The summed E-state index contributed by atoms with van der Waals surface area (Å²) >= 11 is 0. The summed E-state index contributed by atoms with van der Waals surface area (Å²) in [4.78, 5) is 10.8. The predicted molar refractivity (Wildman–Crippen MR) is 79.3 cm³/mol. The average molecular weight is 279 g/mol. The van der Waals surface area contributed by atoms with Crippen LogP contribution in [0, 0.1) is 10.1 Å². The molecule has 0 aliphatic carbocycles. The Bertz CT molecular complexity index is 459. The van der Waals surface area contributed by atoms with Gasteiger partial charge < -0.3 is 15.4 Å². The highest BCUT2D eigenvalue weighted by Crippen LogP contribution is 2.32. The van der Waals surface area contributed by atoms with E-state index in [2.05, 4.69) is 10.6 Å². The first-order valence-electron chi connectivity index (χ1n) is 7.03. The minimum Gasteiger partial charge on any atom is -0.382 e. The summed E-state index contributed by atoms with van der Waals surface area (Å²) in [7, 11) is 1.68. The van der Waals surface area contributed by atoms with Crippen LogP contribution >= 0.6 is 0 Å². The van der Waals surface area contributed by atoms with Gasteiger partial charge in [0.1, 0.15) is 11.4 Å². The van der Waals surface area contributed by atoms with Crippen molar-refractivity contribution in [1.29, 1.82) is 0 Å². The minimum absolute atomic E-state index is 0.0968.